The number of benzene rings is 2. The van der Waals surface area contributed by atoms with Crippen LogP contribution >= 0.6 is 0 Å². The van der Waals surface area contributed by atoms with E-state index in [9.17, 15) is 14.4 Å². The van der Waals surface area contributed by atoms with Crippen LogP contribution in [0.2, 0.25) is 0 Å². The van der Waals surface area contributed by atoms with Crippen molar-refractivity contribution in [2.24, 2.45) is 0 Å². The quantitative estimate of drug-likeness (QED) is 0.181. The zero-order valence-electron chi connectivity index (χ0n) is 22.7. The van der Waals surface area contributed by atoms with Crippen molar-refractivity contribution in [2.45, 2.75) is 65.0 Å². The Morgan fingerprint density at radius 3 is 2.72 bits per heavy atom. The molecule has 0 unspecified atom stereocenters. The molecule has 2 aromatic heterocycles. The maximum Gasteiger partial charge on any atom is 0.339 e. The number of esters is 1. The van der Waals surface area contributed by atoms with Gasteiger partial charge in [-0.25, -0.2) is 9.59 Å². The molecule has 3 heterocycles. The number of carbonyl (C=O) groups is 2. The van der Waals surface area contributed by atoms with Crippen LogP contribution in [0.3, 0.4) is 0 Å². The molecule has 1 N–H and O–H groups in total. The molecule has 1 aliphatic rings. The van der Waals surface area contributed by atoms with E-state index in [1.165, 1.54) is 12.0 Å². The van der Waals surface area contributed by atoms with Crippen LogP contribution < -0.4 is 10.4 Å². The van der Waals surface area contributed by atoms with E-state index in [1.807, 2.05) is 37.3 Å². The molecule has 8 nitrogen and oxygen atoms in total. The summed E-state index contributed by atoms with van der Waals surface area (Å²) in [5, 5.41) is 1.90. The average Bonchev–Trinajstić information content (AvgIpc) is 3.31. The number of hydrogen-bond donors (Lipinski definition) is 1. The third kappa shape index (κ3) is 5.28. The molecule has 1 atom stereocenters. The van der Waals surface area contributed by atoms with Crippen LogP contribution in [-0.2, 0) is 33.7 Å². The fourth-order valence-corrected chi connectivity index (χ4v) is 5.53. The van der Waals surface area contributed by atoms with E-state index in [0.717, 1.165) is 64.4 Å². The third-order valence-electron chi connectivity index (χ3n) is 7.70. The number of nitrogens with zero attached hydrogens (tertiary/aromatic N) is 1. The van der Waals surface area contributed by atoms with Crippen molar-refractivity contribution in [3.8, 4) is 5.75 Å². The Labute approximate surface area is 226 Å². The zero-order valence-corrected chi connectivity index (χ0v) is 22.7. The van der Waals surface area contributed by atoms with Crippen molar-refractivity contribution >= 4 is 33.7 Å². The summed E-state index contributed by atoms with van der Waals surface area (Å²) in [6, 6.07) is 12.4. The summed E-state index contributed by atoms with van der Waals surface area (Å²) in [6.45, 7) is 4.08. The summed E-state index contributed by atoms with van der Waals surface area (Å²) in [7, 11) is 1.33. The van der Waals surface area contributed by atoms with Crippen molar-refractivity contribution in [3.05, 3.63) is 75.3 Å². The summed E-state index contributed by atoms with van der Waals surface area (Å²) in [5.74, 6) is -0.394. The first kappa shape index (κ1) is 26.5. The largest absolute Gasteiger partial charge is 0.484 e. The first-order chi connectivity index (χ1) is 18.9. The summed E-state index contributed by atoms with van der Waals surface area (Å²) in [4.78, 5) is 43.5. The second kappa shape index (κ2) is 11.4. The maximum atomic E-state index is 13.3. The molecule has 0 radical (unpaired) electrons. The number of unbranched alkanes of at least 4 members (excludes halogenated alkanes) is 3. The minimum absolute atomic E-state index is 0.249. The Bertz CT molecular complexity index is 1580. The van der Waals surface area contributed by atoms with Gasteiger partial charge in [-0.05, 0) is 49.1 Å². The number of aromatic nitrogens is 1. The Morgan fingerprint density at radius 2 is 1.92 bits per heavy atom. The van der Waals surface area contributed by atoms with E-state index in [1.54, 1.807) is 12.1 Å². The normalized spacial score (nSPS) is 14.9. The number of carbonyl (C=O) groups excluding carboxylic acids is 2. The van der Waals surface area contributed by atoms with E-state index in [0.29, 0.717) is 24.2 Å². The molecule has 2 aromatic carbocycles. The summed E-state index contributed by atoms with van der Waals surface area (Å²) in [6.07, 6.45) is 5.39. The van der Waals surface area contributed by atoms with Gasteiger partial charge in [0.1, 0.15) is 17.4 Å². The minimum atomic E-state index is -0.745. The first-order valence-electron chi connectivity index (χ1n) is 13.6. The minimum Gasteiger partial charge on any atom is -0.484 e. The fourth-order valence-electron chi connectivity index (χ4n) is 5.53. The molecular weight excluding hydrogens is 496 g/mol. The zero-order chi connectivity index (χ0) is 27.5. The number of aryl methyl sites for hydroxylation is 1. The predicted octanol–water partition coefficient (Wildman–Crippen LogP) is 5.21. The van der Waals surface area contributed by atoms with E-state index in [4.69, 9.17) is 13.9 Å². The van der Waals surface area contributed by atoms with E-state index in [-0.39, 0.29) is 24.7 Å². The Kier molecular flexibility index (Phi) is 7.72. The lowest BCUT2D eigenvalue weighted by Gasteiger charge is -2.33. The van der Waals surface area contributed by atoms with Crippen LogP contribution in [0.1, 0.15) is 55.0 Å². The molecule has 39 heavy (non-hydrogen) atoms. The van der Waals surface area contributed by atoms with Gasteiger partial charge in [-0.2, -0.15) is 0 Å². The van der Waals surface area contributed by atoms with E-state index in [2.05, 4.69) is 11.9 Å². The number of amides is 1. The highest BCUT2D eigenvalue weighted by Crippen LogP contribution is 2.31. The molecule has 204 valence electrons. The number of H-pyrrole nitrogens is 1. The molecule has 0 fully saturated rings. The van der Waals surface area contributed by atoms with Gasteiger partial charge in [0.15, 0.2) is 6.61 Å². The van der Waals surface area contributed by atoms with E-state index < -0.39 is 12.0 Å². The number of fused-ring (bicyclic) bond motifs is 4. The van der Waals surface area contributed by atoms with Crippen molar-refractivity contribution in [1.29, 1.82) is 0 Å². The van der Waals surface area contributed by atoms with Gasteiger partial charge in [0, 0.05) is 40.0 Å². The molecular formula is C31H34N2O6. The lowest BCUT2D eigenvalue weighted by molar-refractivity contribution is -0.154. The fraction of sp³-hybridized carbons (Fsp3) is 0.387. The SMILES string of the molecule is CCCCCCc1c(C)c2ccc(OCC(=O)N3Cc4[nH]c5ccccc5c4C[C@H]3C(=O)OC)cc2oc1=O. The van der Waals surface area contributed by atoms with Gasteiger partial charge in [0.05, 0.1) is 13.7 Å². The second-order valence-corrected chi connectivity index (χ2v) is 10.1. The van der Waals surface area contributed by atoms with Crippen molar-refractivity contribution in [2.75, 3.05) is 13.7 Å². The van der Waals surface area contributed by atoms with Gasteiger partial charge in [0.2, 0.25) is 0 Å². The maximum absolute atomic E-state index is 13.3. The Balaban J connectivity index is 1.32. The molecule has 4 aromatic rings. The monoisotopic (exact) mass is 530 g/mol. The summed E-state index contributed by atoms with van der Waals surface area (Å²) < 4.78 is 16.5. The smallest absolute Gasteiger partial charge is 0.339 e. The topological polar surface area (TPSA) is 102 Å². The number of hydrogen-bond acceptors (Lipinski definition) is 6. The molecule has 8 heteroatoms. The molecule has 0 saturated heterocycles. The standard InChI is InChI=1S/C31H34N2O6/c1-4-5-6-7-10-22-19(2)21-14-13-20(15-28(21)39-30(22)35)38-18-29(34)33-17-26-24(16-27(33)31(36)37-3)23-11-8-9-12-25(23)32-26/h8-9,11-15,27,32H,4-7,10,16-18H2,1-3H3/t27-/m0/s1. The van der Waals surface area contributed by atoms with Gasteiger partial charge in [-0.15, -0.1) is 0 Å². The van der Waals surface area contributed by atoms with Crippen LogP contribution in [0.4, 0.5) is 0 Å². The molecule has 5 rings (SSSR count). The number of para-hydroxylation sites is 1. The molecule has 0 aliphatic carbocycles. The third-order valence-corrected chi connectivity index (χ3v) is 7.70. The highest BCUT2D eigenvalue weighted by molar-refractivity contribution is 5.90. The van der Waals surface area contributed by atoms with Gasteiger partial charge in [-0.3, -0.25) is 4.79 Å². The lowest BCUT2D eigenvalue weighted by atomic mass is 9.96. The summed E-state index contributed by atoms with van der Waals surface area (Å²) >= 11 is 0. The van der Waals surface area contributed by atoms with Crippen LogP contribution in [0, 0.1) is 6.92 Å². The number of rotatable bonds is 9. The predicted molar refractivity (Wildman–Crippen MR) is 149 cm³/mol. The van der Waals surface area contributed by atoms with Gasteiger partial charge < -0.3 is 23.8 Å². The average molecular weight is 531 g/mol. The van der Waals surface area contributed by atoms with Crippen LogP contribution in [0.25, 0.3) is 21.9 Å². The van der Waals surface area contributed by atoms with Crippen molar-refractivity contribution < 1.29 is 23.5 Å². The molecule has 0 spiro atoms. The Hall–Kier alpha value is -4.07. The van der Waals surface area contributed by atoms with Crippen LogP contribution in [-0.4, -0.2) is 41.5 Å². The molecule has 0 saturated carbocycles. The number of nitrogens with one attached hydrogen (secondary N) is 1. The summed E-state index contributed by atoms with van der Waals surface area (Å²) in [5.41, 5.74) is 4.63. The number of methoxy groups -OCH3 is 1. The van der Waals surface area contributed by atoms with Crippen molar-refractivity contribution in [3.63, 3.8) is 0 Å². The molecule has 1 aliphatic heterocycles. The lowest BCUT2D eigenvalue weighted by Crippen LogP contribution is -2.50. The van der Waals surface area contributed by atoms with Gasteiger partial charge in [0.25, 0.3) is 5.91 Å². The first-order valence-corrected chi connectivity index (χ1v) is 13.6. The molecule has 0 bridgehead atoms. The van der Waals surface area contributed by atoms with Gasteiger partial charge >= 0.3 is 11.6 Å². The molecule has 1 amide bonds. The van der Waals surface area contributed by atoms with Gasteiger partial charge in [-0.1, -0.05) is 44.4 Å². The highest BCUT2D eigenvalue weighted by atomic mass is 16.5. The number of ether oxygens (including phenoxy) is 2. The van der Waals surface area contributed by atoms with Crippen molar-refractivity contribution in [1.82, 2.24) is 9.88 Å². The van der Waals surface area contributed by atoms with Crippen LogP contribution in [0.15, 0.2) is 51.7 Å². The van der Waals surface area contributed by atoms with Crippen LogP contribution in [0.5, 0.6) is 5.75 Å². The second-order valence-electron chi connectivity index (χ2n) is 10.1. The Morgan fingerprint density at radius 1 is 1.10 bits per heavy atom. The number of aromatic amines is 1. The highest BCUT2D eigenvalue weighted by Gasteiger charge is 2.37. The van der Waals surface area contributed by atoms with E-state index >= 15 is 0 Å².